The zero-order valence-electron chi connectivity index (χ0n) is 22.5. The number of hydrogen-bond acceptors (Lipinski definition) is 6. The first kappa shape index (κ1) is 27.8. The van der Waals surface area contributed by atoms with Crippen LogP contribution in [0.2, 0.25) is 0 Å². The zero-order chi connectivity index (χ0) is 28.1. The largest absolute Gasteiger partial charge is 0.376 e. The summed E-state index contributed by atoms with van der Waals surface area (Å²) in [6, 6.07) is 18.2. The number of benzene rings is 2. The monoisotopic (exact) mass is 559 g/mol. The summed E-state index contributed by atoms with van der Waals surface area (Å²) >= 11 is 0. The number of aromatic nitrogens is 2. The first-order chi connectivity index (χ1) is 19.3. The van der Waals surface area contributed by atoms with Crippen molar-refractivity contribution in [3.8, 4) is 23.0 Å². The van der Waals surface area contributed by atoms with Gasteiger partial charge >= 0.3 is 0 Å². The predicted octanol–water partition coefficient (Wildman–Crippen LogP) is 4.16. The molecule has 2 saturated heterocycles. The average Bonchev–Trinajstić information content (AvgIpc) is 3.66. The molecule has 2 aliphatic rings. The average molecular weight is 560 g/mol. The van der Waals surface area contributed by atoms with E-state index in [1.165, 1.54) is 6.08 Å². The summed E-state index contributed by atoms with van der Waals surface area (Å²) < 4.78 is 35.7. The number of carbonyl (C=O) groups excluding carboxylic acids is 1. The van der Waals surface area contributed by atoms with Crippen LogP contribution in [0.3, 0.4) is 0 Å². The molecular weight excluding hydrogens is 526 g/mol. The molecule has 3 aromatic rings. The van der Waals surface area contributed by atoms with Gasteiger partial charge in [0.25, 0.3) is 5.91 Å². The van der Waals surface area contributed by atoms with Crippen LogP contribution in [0.4, 0.5) is 0 Å². The van der Waals surface area contributed by atoms with Gasteiger partial charge in [0, 0.05) is 43.6 Å². The van der Waals surface area contributed by atoms with Gasteiger partial charge in [0.2, 0.25) is 10.0 Å². The van der Waals surface area contributed by atoms with Crippen molar-refractivity contribution in [2.24, 2.45) is 5.92 Å². The Balaban J connectivity index is 1.50. The molecule has 0 radical (unpaired) electrons. The second-order valence-corrected chi connectivity index (χ2v) is 12.3. The van der Waals surface area contributed by atoms with Gasteiger partial charge in [-0.15, -0.1) is 0 Å². The molecule has 1 atom stereocenters. The van der Waals surface area contributed by atoms with Crippen LogP contribution in [0.25, 0.3) is 23.0 Å². The number of ether oxygens (including phenoxy) is 1. The maximum Gasteiger partial charge on any atom is 0.262 e. The fourth-order valence-electron chi connectivity index (χ4n) is 5.02. The van der Waals surface area contributed by atoms with E-state index in [1.54, 1.807) is 39.4 Å². The molecule has 1 aromatic heterocycles. The molecule has 0 unspecified atom stereocenters. The van der Waals surface area contributed by atoms with Crippen LogP contribution in [-0.4, -0.2) is 60.8 Å². The number of carbonyl (C=O) groups is 1. The van der Waals surface area contributed by atoms with Crippen molar-refractivity contribution >= 4 is 22.0 Å². The van der Waals surface area contributed by atoms with Gasteiger partial charge < -0.3 is 10.1 Å². The number of nitrogens with zero attached hydrogens (tertiary/aromatic N) is 4. The summed E-state index contributed by atoms with van der Waals surface area (Å²) in [5.41, 5.74) is 2.28. The van der Waals surface area contributed by atoms with Crippen LogP contribution in [0.15, 0.2) is 71.3 Å². The van der Waals surface area contributed by atoms with Gasteiger partial charge in [-0.25, -0.2) is 13.1 Å². The standard InChI is InChI=1S/C30H33N5O4S/c1-22-12-14-34(15-13-22)40(37,38)28-11-5-7-23(18-28)29-25(21-35(33-29)26-8-3-2-4-9-26)17-24(19-31)30(36)32-20-27-10-6-16-39-27/h2-5,7-9,11,17-18,21-22,27H,6,10,12-16,20H2,1H3,(H,32,36)/b24-17-/t27-/m0/s1. The molecule has 40 heavy (non-hydrogen) atoms. The highest BCUT2D eigenvalue weighted by Gasteiger charge is 2.28. The molecule has 2 aromatic carbocycles. The number of nitriles is 1. The van der Waals surface area contributed by atoms with Gasteiger partial charge in [-0.3, -0.25) is 4.79 Å². The quantitative estimate of drug-likeness (QED) is 0.327. The van der Waals surface area contributed by atoms with Crippen molar-refractivity contribution in [3.63, 3.8) is 0 Å². The molecule has 10 heteroatoms. The SMILES string of the molecule is CC1CCN(S(=O)(=O)c2cccc(-c3nn(-c4ccccc4)cc3/C=C(/C#N)C(=O)NC[C@@H]3CCCO3)c2)CC1. The summed E-state index contributed by atoms with van der Waals surface area (Å²) in [7, 11) is -3.68. The van der Waals surface area contributed by atoms with E-state index >= 15 is 0 Å². The molecule has 0 aliphatic carbocycles. The fourth-order valence-corrected chi connectivity index (χ4v) is 6.54. The van der Waals surface area contributed by atoms with E-state index in [9.17, 15) is 18.5 Å². The molecule has 3 heterocycles. The lowest BCUT2D eigenvalue weighted by atomic mass is 10.0. The first-order valence-corrected chi connectivity index (χ1v) is 15.1. The Morgan fingerprint density at radius 1 is 1.15 bits per heavy atom. The number of rotatable bonds is 8. The molecule has 2 fully saturated rings. The van der Waals surface area contributed by atoms with E-state index in [-0.39, 0.29) is 16.6 Å². The number of amides is 1. The zero-order valence-corrected chi connectivity index (χ0v) is 23.3. The van der Waals surface area contributed by atoms with E-state index in [2.05, 4.69) is 12.2 Å². The van der Waals surface area contributed by atoms with Crippen LogP contribution in [-0.2, 0) is 19.6 Å². The maximum atomic E-state index is 13.5. The maximum absolute atomic E-state index is 13.5. The Morgan fingerprint density at radius 3 is 2.62 bits per heavy atom. The van der Waals surface area contributed by atoms with Crippen molar-refractivity contribution in [3.05, 3.63) is 71.9 Å². The number of sulfonamides is 1. The molecular formula is C30H33N5O4S. The Labute approximate surface area is 235 Å². The van der Waals surface area contributed by atoms with Crippen molar-refractivity contribution < 1.29 is 17.9 Å². The van der Waals surface area contributed by atoms with Gasteiger partial charge in [-0.2, -0.15) is 14.7 Å². The second-order valence-electron chi connectivity index (χ2n) is 10.3. The van der Waals surface area contributed by atoms with Crippen LogP contribution >= 0.6 is 0 Å². The van der Waals surface area contributed by atoms with Crippen molar-refractivity contribution in [2.75, 3.05) is 26.2 Å². The lowest BCUT2D eigenvalue weighted by Gasteiger charge is -2.29. The topological polar surface area (TPSA) is 117 Å². The van der Waals surface area contributed by atoms with Crippen molar-refractivity contribution in [2.45, 2.75) is 43.6 Å². The van der Waals surface area contributed by atoms with E-state index in [0.29, 0.717) is 49.0 Å². The van der Waals surface area contributed by atoms with Gasteiger partial charge in [0.1, 0.15) is 17.3 Å². The Morgan fingerprint density at radius 2 is 1.93 bits per heavy atom. The van der Waals surface area contributed by atoms with Gasteiger partial charge in [-0.1, -0.05) is 37.3 Å². The molecule has 2 aliphatic heterocycles. The van der Waals surface area contributed by atoms with Crippen LogP contribution in [0.5, 0.6) is 0 Å². The third kappa shape index (κ3) is 6.17. The van der Waals surface area contributed by atoms with Crippen LogP contribution in [0, 0.1) is 17.2 Å². The third-order valence-electron chi connectivity index (χ3n) is 7.43. The minimum absolute atomic E-state index is 0.0481. The van der Waals surface area contributed by atoms with Crippen molar-refractivity contribution in [1.82, 2.24) is 19.4 Å². The van der Waals surface area contributed by atoms with Crippen molar-refractivity contribution in [1.29, 1.82) is 5.26 Å². The van der Waals surface area contributed by atoms with E-state index in [1.807, 2.05) is 36.4 Å². The number of nitrogens with one attached hydrogen (secondary N) is 1. The molecule has 0 bridgehead atoms. The molecule has 0 saturated carbocycles. The highest BCUT2D eigenvalue weighted by molar-refractivity contribution is 7.89. The first-order valence-electron chi connectivity index (χ1n) is 13.6. The Bertz CT molecular complexity index is 1530. The minimum Gasteiger partial charge on any atom is -0.376 e. The molecule has 5 rings (SSSR count). The number of hydrogen-bond donors (Lipinski definition) is 1. The second kappa shape index (κ2) is 12.2. The summed E-state index contributed by atoms with van der Waals surface area (Å²) in [4.78, 5) is 13.1. The summed E-state index contributed by atoms with van der Waals surface area (Å²) in [5, 5.41) is 17.4. The Hall–Kier alpha value is -3.78. The van der Waals surface area contributed by atoms with Gasteiger partial charge in [0.05, 0.1) is 16.7 Å². The van der Waals surface area contributed by atoms with Crippen LogP contribution in [0.1, 0.15) is 38.2 Å². The molecule has 1 amide bonds. The highest BCUT2D eigenvalue weighted by Crippen LogP contribution is 2.30. The lowest BCUT2D eigenvalue weighted by Crippen LogP contribution is -2.37. The smallest absolute Gasteiger partial charge is 0.262 e. The minimum atomic E-state index is -3.68. The molecule has 0 spiro atoms. The van der Waals surface area contributed by atoms with Gasteiger partial charge in [0.15, 0.2) is 0 Å². The fraction of sp³-hybridized carbons (Fsp3) is 0.367. The van der Waals surface area contributed by atoms with Gasteiger partial charge in [-0.05, 0) is 61.9 Å². The van der Waals surface area contributed by atoms with E-state index in [4.69, 9.17) is 9.84 Å². The predicted molar refractivity (Wildman–Crippen MR) is 152 cm³/mol. The number of piperidine rings is 1. The lowest BCUT2D eigenvalue weighted by molar-refractivity contribution is -0.117. The molecule has 1 N–H and O–H groups in total. The van der Waals surface area contributed by atoms with E-state index < -0.39 is 15.9 Å². The summed E-state index contributed by atoms with van der Waals surface area (Å²) in [6.07, 6.45) is 6.68. The molecule has 208 valence electrons. The summed E-state index contributed by atoms with van der Waals surface area (Å²) in [6.45, 7) is 4.15. The van der Waals surface area contributed by atoms with E-state index in [0.717, 1.165) is 31.4 Å². The van der Waals surface area contributed by atoms with Crippen LogP contribution < -0.4 is 5.32 Å². The molecule has 9 nitrogen and oxygen atoms in total. The highest BCUT2D eigenvalue weighted by atomic mass is 32.2. The number of para-hydroxylation sites is 1. The normalized spacial score (nSPS) is 18.9. The third-order valence-corrected chi connectivity index (χ3v) is 9.32. The summed E-state index contributed by atoms with van der Waals surface area (Å²) in [5.74, 6) is 0.0124. The Kier molecular flexibility index (Phi) is 8.45.